The second kappa shape index (κ2) is 8.28. The molecule has 3 rings (SSSR count). The third kappa shape index (κ3) is 5.44. The normalized spacial score (nSPS) is 16.2. The maximum atomic E-state index is 12.4. The van der Waals surface area contributed by atoms with Crippen molar-refractivity contribution in [3.63, 3.8) is 0 Å². The van der Waals surface area contributed by atoms with E-state index in [-0.39, 0.29) is 18.6 Å². The quantitative estimate of drug-likeness (QED) is 0.784. The number of aromatic nitrogens is 2. The molecule has 1 fully saturated rings. The number of nitrogens with zero attached hydrogens (tertiary/aromatic N) is 3. The first-order chi connectivity index (χ1) is 12.8. The van der Waals surface area contributed by atoms with Crippen molar-refractivity contribution in [2.75, 3.05) is 24.7 Å². The van der Waals surface area contributed by atoms with Crippen LogP contribution in [0.4, 0.5) is 5.69 Å². The van der Waals surface area contributed by atoms with Gasteiger partial charge in [0.15, 0.2) is 6.73 Å². The van der Waals surface area contributed by atoms with E-state index < -0.39 is 10.0 Å². The lowest BCUT2D eigenvalue weighted by atomic mass is 9.97. The largest absolute Gasteiger partial charge is 0.471 e. The zero-order valence-corrected chi connectivity index (χ0v) is 16.4. The third-order valence-electron chi connectivity index (χ3n) is 4.35. The predicted octanol–water partition coefficient (Wildman–Crippen LogP) is 2.18. The van der Waals surface area contributed by atoms with E-state index in [1.165, 1.54) is 10.6 Å². The van der Waals surface area contributed by atoms with Crippen molar-refractivity contribution in [3.05, 3.63) is 41.7 Å². The van der Waals surface area contributed by atoms with E-state index in [0.29, 0.717) is 42.4 Å². The Bertz CT molecular complexity index is 907. The van der Waals surface area contributed by atoms with Gasteiger partial charge in [-0.25, -0.2) is 17.4 Å². The minimum atomic E-state index is -3.20. The number of benzene rings is 1. The number of sulfonamides is 1. The van der Waals surface area contributed by atoms with Gasteiger partial charge in [-0.1, -0.05) is 17.7 Å². The smallest absolute Gasteiger partial charge is 0.227 e. The Morgan fingerprint density at radius 2 is 2.11 bits per heavy atom. The molecule has 10 heteroatoms. The minimum absolute atomic E-state index is 0.126. The Morgan fingerprint density at radius 3 is 2.78 bits per heavy atom. The molecule has 0 bridgehead atoms. The van der Waals surface area contributed by atoms with Crippen LogP contribution in [0.3, 0.4) is 0 Å². The highest BCUT2D eigenvalue weighted by Crippen LogP contribution is 2.21. The molecule has 8 nitrogen and oxygen atoms in total. The van der Waals surface area contributed by atoms with Crippen molar-refractivity contribution in [1.82, 2.24) is 14.1 Å². The maximum absolute atomic E-state index is 12.4. The first kappa shape index (κ1) is 19.7. The number of carbonyl (C=O) groups is 1. The fourth-order valence-corrected chi connectivity index (χ4v) is 3.94. The van der Waals surface area contributed by atoms with Gasteiger partial charge in [0.25, 0.3) is 0 Å². The molecule has 2 heterocycles. The second-order valence-corrected chi connectivity index (χ2v) is 8.84. The predicted molar refractivity (Wildman–Crippen MR) is 102 cm³/mol. The molecule has 0 unspecified atom stereocenters. The molecule has 1 aliphatic rings. The highest BCUT2D eigenvalue weighted by Gasteiger charge is 2.29. The molecule has 2 aromatic rings. The lowest BCUT2D eigenvalue weighted by Crippen LogP contribution is -2.40. The number of amides is 1. The Kier molecular flexibility index (Phi) is 6.03. The molecule has 1 aliphatic heterocycles. The first-order valence-electron chi connectivity index (χ1n) is 8.48. The van der Waals surface area contributed by atoms with Gasteiger partial charge in [0, 0.05) is 24.0 Å². The maximum Gasteiger partial charge on any atom is 0.227 e. The number of nitrogens with one attached hydrogen (secondary N) is 1. The van der Waals surface area contributed by atoms with Crippen LogP contribution in [-0.2, 0) is 21.5 Å². The number of hydrogen-bond acceptors (Lipinski definition) is 5. The van der Waals surface area contributed by atoms with Gasteiger partial charge < -0.3 is 10.1 Å². The lowest BCUT2D eigenvalue weighted by Gasteiger charge is -2.29. The summed E-state index contributed by atoms with van der Waals surface area (Å²) in [4.78, 5) is 12.4. The summed E-state index contributed by atoms with van der Waals surface area (Å²) in [7, 11) is -3.20. The number of piperidine rings is 1. The van der Waals surface area contributed by atoms with Crippen LogP contribution in [-0.4, -0.2) is 47.8 Å². The number of ether oxygens (including phenoxy) is 1. The molecular weight excluding hydrogens is 392 g/mol. The molecule has 1 amide bonds. The van der Waals surface area contributed by atoms with Crippen LogP contribution in [0.25, 0.3) is 0 Å². The van der Waals surface area contributed by atoms with Gasteiger partial charge in [-0.2, -0.15) is 5.10 Å². The molecule has 27 heavy (non-hydrogen) atoms. The zero-order chi connectivity index (χ0) is 19.4. The van der Waals surface area contributed by atoms with Crippen LogP contribution in [0.2, 0.25) is 5.02 Å². The fourth-order valence-electron chi connectivity index (χ4n) is 2.89. The van der Waals surface area contributed by atoms with Gasteiger partial charge >= 0.3 is 0 Å². The van der Waals surface area contributed by atoms with Crippen molar-refractivity contribution < 1.29 is 17.9 Å². The summed E-state index contributed by atoms with van der Waals surface area (Å²) < 4.78 is 31.6. The van der Waals surface area contributed by atoms with Gasteiger partial charge in [0.1, 0.15) is 5.75 Å². The van der Waals surface area contributed by atoms with Crippen molar-refractivity contribution >= 4 is 33.2 Å². The summed E-state index contributed by atoms with van der Waals surface area (Å²) in [5, 5.41) is 7.56. The number of halogens is 1. The van der Waals surface area contributed by atoms with Crippen molar-refractivity contribution in [1.29, 1.82) is 0 Å². The molecule has 146 valence electrons. The van der Waals surface area contributed by atoms with Gasteiger partial charge in [0.05, 0.1) is 24.3 Å². The standard InChI is InChI=1S/C17H21ClN4O4S/c1-27(24,25)22-7-5-13(6-8-22)17(23)20-15-10-19-21(11-15)12-26-16-4-2-3-14(18)9-16/h2-4,9-11,13H,5-8,12H2,1H3,(H,20,23). The highest BCUT2D eigenvalue weighted by molar-refractivity contribution is 7.88. The molecule has 0 radical (unpaired) electrons. The Hall–Kier alpha value is -2.10. The third-order valence-corrected chi connectivity index (χ3v) is 5.89. The molecule has 0 saturated carbocycles. The van der Waals surface area contributed by atoms with E-state index in [4.69, 9.17) is 16.3 Å². The summed E-state index contributed by atoms with van der Waals surface area (Å²) in [6, 6.07) is 7.05. The van der Waals surface area contributed by atoms with Crippen molar-refractivity contribution in [2.45, 2.75) is 19.6 Å². The lowest BCUT2D eigenvalue weighted by molar-refractivity contribution is -0.120. The van der Waals surface area contributed by atoms with E-state index in [1.807, 2.05) is 0 Å². The summed E-state index contributed by atoms with van der Waals surface area (Å²) in [5.41, 5.74) is 0.570. The summed E-state index contributed by atoms with van der Waals surface area (Å²) in [5.74, 6) is 0.286. The van der Waals surface area contributed by atoms with Gasteiger partial charge in [-0.3, -0.25) is 4.79 Å². The first-order valence-corrected chi connectivity index (χ1v) is 10.7. The van der Waals surface area contributed by atoms with E-state index in [0.717, 1.165) is 0 Å². The molecule has 1 N–H and O–H groups in total. The molecule has 1 aromatic heterocycles. The summed E-state index contributed by atoms with van der Waals surface area (Å²) in [6.45, 7) is 0.913. The Labute approximate surface area is 163 Å². The fraction of sp³-hybridized carbons (Fsp3) is 0.412. The molecular formula is C17H21ClN4O4S. The van der Waals surface area contributed by atoms with Crippen LogP contribution in [0.15, 0.2) is 36.7 Å². The molecule has 0 spiro atoms. The number of anilines is 1. The number of hydrogen-bond donors (Lipinski definition) is 1. The van der Waals surface area contributed by atoms with Crippen LogP contribution in [0.5, 0.6) is 5.75 Å². The molecule has 0 aliphatic carbocycles. The average Bonchev–Trinajstić information content (AvgIpc) is 3.07. The van der Waals surface area contributed by atoms with E-state index >= 15 is 0 Å². The van der Waals surface area contributed by atoms with Crippen LogP contribution in [0, 0.1) is 5.92 Å². The monoisotopic (exact) mass is 412 g/mol. The number of rotatable bonds is 6. The summed E-state index contributed by atoms with van der Waals surface area (Å²) in [6.07, 6.45) is 5.42. The Morgan fingerprint density at radius 1 is 1.37 bits per heavy atom. The van der Waals surface area contributed by atoms with Crippen molar-refractivity contribution in [2.24, 2.45) is 5.92 Å². The van der Waals surface area contributed by atoms with Crippen LogP contribution in [0.1, 0.15) is 12.8 Å². The zero-order valence-electron chi connectivity index (χ0n) is 14.8. The summed E-state index contributed by atoms with van der Waals surface area (Å²) >= 11 is 5.91. The van der Waals surface area contributed by atoms with Crippen molar-refractivity contribution in [3.8, 4) is 5.75 Å². The average molecular weight is 413 g/mol. The molecule has 1 aromatic carbocycles. The van der Waals surface area contributed by atoms with Gasteiger partial charge in [0.2, 0.25) is 15.9 Å². The van der Waals surface area contributed by atoms with Gasteiger partial charge in [-0.15, -0.1) is 0 Å². The molecule has 0 atom stereocenters. The number of carbonyl (C=O) groups excluding carboxylic acids is 1. The molecule has 1 saturated heterocycles. The second-order valence-electron chi connectivity index (χ2n) is 6.42. The van der Waals surface area contributed by atoms with E-state index in [9.17, 15) is 13.2 Å². The SMILES string of the molecule is CS(=O)(=O)N1CCC(C(=O)Nc2cnn(COc3cccc(Cl)c3)c2)CC1. The van der Waals surface area contributed by atoms with E-state index in [1.54, 1.807) is 41.3 Å². The Balaban J connectivity index is 1.49. The van der Waals surface area contributed by atoms with Crippen LogP contribution >= 0.6 is 11.6 Å². The highest BCUT2D eigenvalue weighted by atomic mass is 35.5. The topological polar surface area (TPSA) is 93.5 Å². The van der Waals surface area contributed by atoms with Crippen LogP contribution < -0.4 is 10.1 Å². The van der Waals surface area contributed by atoms with Gasteiger partial charge in [-0.05, 0) is 31.0 Å². The minimum Gasteiger partial charge on any atom is -0.471 e. The van der Waals surface area contributed by atoms with E-state index in [2.05, 4.69) is 10.4 Å².